The number of anilines is 1. The molecule has 1 amide bonds. The second-order valence-electron chi connectivity index (χ2n) is 4.87. The van der Waals surface area contributed by atoms with E-state index in [4.69, 9.17) is 11.0 Å². The maximum Gasteiger partial charge on any atom is 0.268 e. The van der Waals surface area contributed by atoms with E-state index in [1.165, 1.54) is 0 Å². The molecule has 1 unspecified atom stereocenters. The van der Waals surface area contributed by atoms with Crippen LogP contribution in [-0.2, 0) is 6.54 Å². The van der Waals surface area contributed by atoms with Gasteiger partial charge in [0.2, 0.25) is 0 Å². The van der Waals surface area contributed by atoms with Crippen LogP contribution < -0.4 is 11.1 Å². The number of rotatable bonds is 4. The molecule has 1 atom stereocenters. The third-order valence-electron chi connectivity index (χ3n) is 3.38. The van der Waals surface area contributed by atoms with E-state index in [2.05, 4.69) is 11.4 Å². The van der Waals surface area contributed by atoms with Crippen LogP contribution in [0.1, 0.15) is 41.5 Å². The van der Waals surface area contributed by atoms with Crippen molar-refractivity contribution in [2.24, 2.45) is 0 Å². The molecule has 0 saturated carbocycles. The largest absolute Gasteiger partial charge is 0.397 e. The molecule has 0 fully saturated rings. The Balaban J connectivity index is 2.12. The number of aryl methyl sites for hydroxylation is 1. The lowest BCUT2D eigenvalue weighted by Gasteiger charge is -2.15. The van der Waals surface area contributed by atoms with E-state index >= 15 is 0 Å². The molecular formula is C16H18N4O. The molecular weight excluding hydrogens is 264 g/mol. The number of aromatic nitrogens is 1. The highest BCUT2D eigenvalue weighted by Gasteiger charge is 2.15. The molecule has 21 heavy (non-hydrogen) atoms. The number of nitrogens with one attached hydrogen (secondary N) is 1. The van der Waals surface area contributed by atoms with E-state index in [9.17, 15) is 4.79 Å². The van der Waals surface area contributed by atoms with Crippen molar-refractivity contribution in [3.05, 3.63) is 53.3 Å². The summed E-state index contributed by atoms with van der Waals surface area (Å²) < 4.78 is 1.82. The lowest BCUT2D eigenvalue weighted by Crippen LogP contribution is -2.28. The van der Waals surface area contributed by atoms with Gasteiger partial charge in [-0.2, -0.15) is 5.26 Å². The molecule has 1 aromatic carbocycles. The molecule has 0 saturated heterocycles. The summed E-state index contributed by atoms with van der Waals surface area (Å²) in [5, 5.41) is 11.7. The van der Waals surface area contributed by atoms with Crippen molar-refractivity contribution in [3.8, 4) is 6.07 Å². The van der Waals surface area contributed by atoms with Gasteiger partial charge in [0, 0.05) is 12.7 Å². The molecule has 1 aromatic heterocycles. The van der Waals surface area contributed by atoms with Crippen molar-refractivity contribution in [1.29, 1.82) is 5.26 Å². The summed E-state index contributed by atoms with van der Waals surface area (Å²) in [5.41, 5.74) is 8.41. The average Bonchev–Trinajstić information content (AvgIpc) is 2.88. The number of nitriles is 1. The predicted molar refractivity (Wildman–Crippen MR) is 81.6 cm³/mol. The highest BCUT2D eigenvalue weighted by Crippen LogP contribution is 2.16. The highest BCUT2D eigenvalue weighted by atomic mass is 16.2. The van der Waals surface area contributed by atoms with E-state index in [-0.39, 0.29) is 11.9 Å². The van der Waals surface area contributed by atoms with Crippen molar-refractivity contribution in [2.45, 2.75) is 26.4 Å². The van der Waals surface area contributed by atoms with Crippen molar-refractivity contribution in [3.63, 3.8) is 0 Å². The molecule has 0 aliphatic rings. The fourth-order valence-corrected chi connectivity index (χ4v) is 2.19. The molecule has 0 aliphatic carbocycles. The summed E-state index contributed by atoms with van der Waals surface area (Å²) >= 11 is 0. The number of benzene rings is 1. The Morgan fingerprint density at radius 3 is 2.67 bits per heavy atom. The predicted octanol–water partition coefficient (Wildman–Crippen LogP) is 2.45. The van der Waals surface area contributed by atoms with Crippen LogP contribution in [-0.4, -0.2) is 10.5 Å². The zero-order chi connectivity index (χ0) is 15.4. The van der Waals surface area contributed by atoms with Crippen molar-refractivity contribution < 1.29 is 4.79 Å². The van der Waals surface area contributed by atoms with Gasteiger partial charge >= 0.3 is 0 Å². The fourth-order valence-electron chi connectivity index (χ4n) is 2.19. The third-order valence-corrected chi connectivity index (χ3v) is 3.38. The SMILES string of the molecule is CCn1cc(N)cc1C(=O)NC(C)c1ccc(C#N)cc1. The Labute approximate surface area is 124 Å². The third kappa shape index (κ3) is 3.23. The maximum absolute atomic E-state index is 12.3. The van der Waals surface area contributed by atoms with Gasteiger partial charge in [0.15, 0.2) is 0 Å². The second-order valence-corrected chi connectivity index (χ2v) is 4.87. The van der Waals surface area contributed by atoms with Crippen molar-refractivity contribution in [2.75, 3.05) is 5.73 Å². The van der Waals surface area contributed by atoms with Crippen LogP contribution in [0.15, 0.2) is 36.5 Å². The van der Waals surface area contributed by atoms with Gasteiger partial charge in [0.25, 0.3) is 5.91 Å². The van der Waals surface area contributed by atoms with E-state index < -0.39 is 0 Å². The number of hydrogen-bond donors (Lipinski definition) is 2. The minimum atomic E-state index is -0.162. The Hall–Kier alpha value is -2.74. The molecule has 0 radical (unpaired) electrons. The quantitative estimate of drug-likeness (QED) is 0.903. The van der Waals surface area contributed by atoms with Crippen LogP contribution in [0.4, 0.5) is 5.69 Å². The normalized spacial score (nSPS) is 11.7. The van der Waals surface area contributed by atoms with E-state index in [1.54, 1.807) is 24.4 Å². The number of nitrogens with two attached hydrogens (primary N) is 1. The lowest BCUT2D eigenvalue weighted by atomic mass is 10.1. The number of nitrogen functional groups attached to an aromatic ring is 1. The average molecular weight is 282 g/mol. The molecule has 2 rings (SSSR count). The van der Waals surface area contributed by atoms with E-state index in [0.717, 1.165) is 5.56 Å². The number of amides is 1. The Kier molecular flexibility index (Phi) is 4.29. The summed E-state index contributed by atoms with van der Waals surface area (Å²) in [6.07, 6.45) is 1.75. The number of carbonyl (C=O) groups is 1. The molecule has 5 nitrogen and oxygen atoms in total. The molecule has 108 valence electrons. The maximum atomic E-state index is 12.3. The van der Waals surface area contributed by atoms with Gasteiger partial charge in [0.1, 0.15) is 5.69 Å². The van der Waals surface area contributed by atoms with Gasteiger partial charge < -0.3 is 15.6 Å². The molecule has 0 aliphatic heterocycles. The number of carbonyl (C=O) groups excluding carboxylic acids is 1. The van der Waals surface area contributed by atoms with Crippen molar-refractivity contribution in [1.82, 2.24) is 9.88 Å². The molecule has 3 N–H and O–H groups in total. The van der Waals surface area contributed by atoms with Crippen LogP contribution in [0.2, 0.25) is 0 Å². The minimum absolute atomic E-state index is 0.147. The van der Waals surface area contributed by atoms with Crippen LogP contribution in [0.3, 0.4) is 0 Å². The van der Waals surface area contributed by atoms with Crippen LogP contribution in [0.5, 0.6) is 0 Å². The Bertz CT molecular complexity index is 679. The fraction of sp³-hybridized carbons (Fsp3) is 0.250. The minimum Gasteiger partial charge on any atom is -0.397 e. The van der Waals surface area contributed by atoms with Gasteiger partial charge in [0.05, 0.1) is 23.4 Å². The summed E-state index contributed by atoms with van der Waals surface area (Å²) in [5.74, 6) is -0.162. The number of nitrogens with zero attached hydrogens (tertiary/aromatic N) is 2. The highest BCUT2D eigenvalue weighted by molar-refractivity contribution is 5.94. The first-order valence-electron chi connectivity index (χ1n) is 6.81. The zero-order valence-corrected chi connectivity index (χ0v) is 12.1. The van der Waals surface area contributed by atoms with Gasteiger partial charge in [-0.25, -0.2) is 0 Å². The molecule has 1 heterocycles. The summed E-state index contributed by atoms with van der Waals surface area (Å²) in [6.45, 7) is 4.55. The van der Waals surface area contributed by atoms with Gasteiger partial charge in [-0.15, -0.1) is 0 Å². The molecule has 0 spiro atoms. The zero-order valence-electron chi connectivity index (χ0n) is 12.1. The Morgan fingerprint density at radius 2 is 2.10 bits per heavy atom. The number of hydrogen-bond acceptors (Lipinski definition) is 3. The van der Waals surface area contributed by atoms with Crippen molar-refractivity contribution >= 4 is 11.6 Å². The van der Waals surface area contributed by atoms with Crippen LogP contribution in [0.25, 0.3) is 0 Å². The Morgan fingerprint density at radius 1 is 1.43 bits per heavy atom. The second kappa shape index (κ2) is 6.14. The van der Waals surface area contributed by atoms with Crippen LogP contribution >= 0.6 is 0 Å². The first-order valence-corrected chi connectivity index (χ1v) is 6.81. The monoisotopic (exact) mass is 282 g/mol. The summed E-state index contributed by atoms with van der Waals surface area (Å²) in [7, 11) is 0. The van der Waals surface area contributed by atoms with E-state index in [0.29, 0.717) is 23.5 Å². The first kappa shape index (κ1) is 14.7. The standard InChI is InChI=1S/C16H18N4O/c1-3-20-10-14(18)8-15(20)16(21)19-11(2)13-6-4-12(9-17)5-7-13/h4-8,10-11H,3,18H2,1-2H3,(H,19,21). The van der Waals surface area contributed by atoms with Gasteiger partial charge in [-0.05, 0) is 37.6 Å². The van der Waals surface area contributed by atoms with Gasteiger partial charge in [-0.3, -0.25) is 4.79 Å². The van der Waals surface area contributed by atoms with Crippen LogP contribution in [0, 0.1) is 11.3 Å². The molecule has 0 bridgehead atoms. The van der Waals surface area contributed by atoms with Gasteiger partial charge in [-0.1, -0.05) is 12.1 Å². The summed E-state index contributed by atoms with van der Waals surface area (Å²) in [4.78, 5) is 12.3. The van der Waals surface area contributed by atoms with E-state index in [1.807, 2.05) is 30.5 Å². The molecule has 5 heteroatoms. The smallest absolute Gasteiger partial charge is 0.268 e. The molecule has 2 aromatic rings. The topological polar surface area (TPSA) is 83.8 Å². The summed E-state index contributed by atoms with van der Waals surface area (Å²) in [6, 6.07) is 10.8. The lowest BCUT2D eigenvalue weighted by molar-refractivity contribution is 0.0930. The first-order chi connectivity index (χ1) is 10.0.